The van der Waals surface area contributed by atoms with Gasteiger partial charge in [-0.05, 0) is 37.5 Å². The Hall–Kier alpha value is -2.89. The molecule has 6 nitrogen and oxygen atoms in total. The van der Waals surface area contributed by atoms with Crippen LogP contribution in [0.4, 0.5) is 11.4 Å². The Balaban J connectivity index is 1.60. The number of rotatable bonds is 1. The second-order valence-electron chi connectivity index (χ2n) is 6.69. The van der Waals surface area contributed by atoms with Crippen molar-refractivity contribution in [2.45, 2.75) is 25.3 Å². The van der Waals surface area contributed by atoms with E-state index in [2.05, 4.69) is 27.1 Å². The van der Waals surface area contributed by atoms with Crippen LogP contribution in [0, 0.1) is 0 Å². The summed E-state index contributed by atoms with van der Waals surface area (Å²) < 4.78 is 1.65. The molecule has 3 aromatic rings. The highest BCUT2D eigenvalue weighted by molar-refractivity contribution is 6.11. The number of aromatic nitrogens is 3. The first-order valence-electron chi connectivity index (χ1n) is 8.79. The maximum Gasteiger partial charge on any atom is 0.263 e. The summed E-state index contributed by atoms with van der Waals surface area (Å²) in [5.41, 5.74) is 3.31. The molecule has 0 N–H and O–H groups in total. The molecule has 2 aliphatic heterocycles. The van der Waals surface area contributed by atoms with Crippen molar-refractivity contribution in [3.05, 3.63) is 54.5 Å². The van der Waals surface area contributed by atoms with E-state index in [1.807, 2.05) is 29.3 Å². The minimum Gasteiger partial charge on any atom is -0.365 e. The monoisotopic (exact) mass is 333 g/mol. The van der Waals surface area contributed by atoms with Gasteiger partial charge in [-0.3, -0.25) is 4.79 Å². The van der Waals surface area contributed by atoms with Gasteiger partial charge in [0.15, 0.2) is 5.65 Å². The van der Waals surface area contributed by atoms with Crippen molar-refractivity contribution in [3.8, 4) is 0 Å². The van der Waals surface area contributed by atoms with Gasteiger partial charge >= 0.3 is 0 Å². The summed E-state index contributed by atoms with van der Waals surface area (Å²) in [6.45, 7) is 1.79. The number of para-hydroxylation sites is 2. The minimum atomic E-state index is -0.0219. The molecule has 4 heterocycles. The number of piperidine rings is 1. The van der Waals surface area contributed by atoms with E-state index in [4.69, 9.17) is 0 Å². The fourth-order valence-corrected chi connectivity index (χ4v) is 4.07. The Morgan fingerprint density at radius 1 is 1.12 bits per heavy atom. The molecule has 2 aromatic heterocycles. The van der Waals surface area contributed by atoms with E-state index in [1.54, 1.807) is 16.9 Å². The van der Waals surface area contributed by atoms with Gasteiger partial charge < -0.3 is 9.80 Å². The lowest BCUT2D eigenvalue weighted by Crippen LogP contribution is -2.52. The summed E-state index contributed by atoms with van der Waals surface area (Å²) in [6.07, 6.45) is 8.71. The van der Waals surface area contributed by atoms with Crippen LogP contribution in [0.25, 0.3) is 5.65 Å². The number of carbonyl (C=O) groups excluding carboxylic acids is 1. The van der Waals surface area contributed by atoms with Crippen molar-refractivity contribution in [2.24, 2.45) is 0 Å². The van der Waals surface area contributed by atoms with Gasteiger partial charge in [-0.25, -0.2) is 9.50 Å². The number of hydrogen-bond acceptors (Lipinski definition) is 4. The summed E-state index contributed by atoms with van der Waals surface area (Å²) in [4.78, 5) is 22.0. The largest absolute Gasteiger partial charge is 0.365 e. The van der Waals surface area contributed by atoms with E-state index >= 15 is 0 Å². The lowest BCUT2D eigenvalue weighted by molar-refractivity contribution is 0.0984. The molecule has 0 aliphatic carbocycles. The third-order valence-corrected chi connectivity index (χ3v) is 5.26. The van der Waals surface area contributed by atoms with Crippen LogP contribution in [0.1, 0.15) is 29.6 Å². The highest BCUT2D eigenvalue weighted by Gasteiger charge is 2.35. The van der Waals surface area contributed by atoms with Crippen molar-refractivity contribution in [3.63, 3.8) is 0 Å². The average molecular weight is 333 g/mol. The molecule has 1 amide bonds. The van der Waals surface area contributed by atoms with Crippen LogP contribution in [0.2, 0.25) is 0 Å². The predicted molar refractivity (Wildman–Crippen MR) is 96.1 cm³/mol. The fourth-order valence-electron chi connectivity index (χ4n) is 4.07. The Morgan fingerprint density at radius 2 is 2.00 bits per heavy atom. The van der Waals surface area contributed by atoms with Crippen molar-refractivity contribution < 1.29 is 4.79 Å². The van der Waals surface area contributed by atoms with Crippen LogP contribution >= 0.6 is 0 Å². The van der Waals surface area contributed by atoms with Gasteiger partial charge in [0.25, 0.3) is 5.91 Å². The molecular weight excluding hydrogens is 314 g/mol. The predicted octanol–water partition coefficient (Wildman–Crippen LogP) is 2.75. The molecule has 0 spiro atoms. The lowest BCUT2D eigenvalue weighted by Gasteiger charge is -2.46. The van der Waals surface area contributed by atoms with Gasteiger partial charge in [0.05, 0.1) is 17.6 Å². The maximum atomic E-state index is 13.3. The quantitative estimate of drug-likeness (QED) is 0.687. The zero-order chi connectivity index (χ0) is 16.8. The molecule has 1 saturated heterocycles. The van der Waals surface area contributed by atoms with Gasteiger partial charge in [-0.1, -0.05) is 12.1 Å². The zero-order valence-corrected chi connectivity index (χ0v) is 13.9. The highest BCUT2D eigenvalue weighted by Crippen LogP contribution is 2.39. The van der Waals surface area contributed by atoms with E-state index in [9.17, 15) is 4.79 Å². The summed E-state index contributed by atoms with van der Waals surface area (Å²) in [5, 5.41) is 4.27. The van der Waals surface area contributed by atoms with Gasteiger partial charge in [0, 0.05) is 31.5 Å². The van der Waals surface area contributed by atoms with Crippen LogP contribution < -0.4 is 9.80 Å². The first-order valence-corrected chi connectivity index (χ1v) is 8.79. The van der Waals surface area contributed by atoms with Crippen molar-refractivity contribution in [1.29, 1.82) is 0 Å². The number of benzene rings is 1. The fraction of sp³-hybridized carbons (Fsp3) is 0.316. The molecule has 0 radical (unpaired) electrons. The van der Waals surface area contributed by atoms with Gasteiger partial charge in [0.1, 0.15) is 5.56 Å². The molecule has 0 bridgehead atoms. The molecule has 5 rings (SSSR count). The number of fused-ring (bicyclic) bond motifs is 4. The van der Waals surface area contributed by atoms with Crippen LogP contribution in [0.5, 0.6) is 0 Å². The molecule has 1 atom stereocenters. The summed E-state index contributed by atoms with van der Waals surface area (Å²) in [7, 11) is 0. The third-order valence-electron chi connectivity index (χ3n) is 5.26. The molecule has 25 heavy (non-hydrogen) atoms. The van der Waals surface area contributed by atoms with Crippen molar-refractivity contribution in [2.75, 3.05) is 22.9 Å². The van der Waals surface area contributed by atoms with E-state index in [0.717, 1.165) is 30.9 Å². The van der Waals surface area contributed by atoms with Crippen molar-refractivity contribution >= 4 is 22.9 Å². The van der Waals surface area contributed by atoms with E-state index < -0.39 is 0 Å². The Kier molecular flexibility index (Phi) is 3.23. The van der Waals surface area contributed by atoms with Crippen LogP contribution in [0.3, 0.4) is 0 Å². The Morgan fingerprint density at radius 3 is 2.92 bits per heavy atom. The van der Waals surface area contributed by atoms with Gasteiger partial charge in [0.2, 0.25) is 0 Å². The first kappa shape index (κ1) is 14.5. The average Bonchev–Trinajstić information content (AvgIpc) is 3.11. The van der Waals surface area contributed by atoms with Crippen molar-refractivity contribution in [1.82, 2.24) is 14.6 Å². The summed E-state index contributed by atoms with van der Waals surface area (Å²) in [5.74, 6) is -0.0219. The van der Waals surface area contributed by atoms with E-state index in [-0.39, 0.29) is 5.91 Å². The maximum absolute atomic E-state index is 13.3. The molecule has 6 heteroatoms. The Bertz CT molecular complexity index is 950. The third kappa shape index (κ3) is 2.21. The van der Waals surface area contributed by atoms with Crippen LogP contribution in [0.15, 0.2) is 48.9 Å². The smallest absolute Gasteiger partial charge is 0.263 e. The molecule has 1 aromatic carbocycles. The molecule has 0 unspecified atom stereocenters. The molecule has 0 saturated carbocycles. The van der Waals surface area contributed by atoms with E-state index in [0.29, 0.717) is 17.3 Å². The highest BCUT2D eigenvalue weighted by atomic mass is 16.2. The van der Waals surface area contributed by atoms with Crippen LogP contribution in [-0.4, -0.2) is 39.6 Å². The van der Waals surface area contributed by atoms with E-state index in [1.165, 1.54) is 12.8 Å². The normalized spacial score (nSPS) is 19.6. The molecule has 2 aliphatic rings. The number of amides is 1. The Labute approximate surface area is 145 Å². The number of anilines is 2. The first-order chi connectivity index (χ1) is 12.3. The summed E-state index contributed by atoms with van der Waals surface area (Å²) in [6, 6.07) is 10.4. The molecular formula is C19H19N5O. The second-order valence-corrected chi connectivity index (χ2v) is 6.69. The zero-order valence-electron chi connectivity index (χ0n) is 13.9. The number of hydrogen-bond donors (Lipinski definition) is 0. The van der Waals surface area contributed by atoms with Gasteiger partial charge in [-0.2, -0.15) is 5.10 Å². The minimum absolute atomic E-state index is 0.0219. The molecule has 1 fully saturated rings. The summed E-state index contributed by atoms with van der Waals surface area (Å²) >= 11 is 0. The SMILES string of the molecule is O=C(c1cnn2cccnc12)N1C[C@@H]2CCCCN2c2ccccc21. The molecule has 126 valence electrons. The van der Waals surface area contributed by atoms with Gasteiger partial charge in [-0.15, -0.1) is 0 Å². The standard InChI is InChI=1S/C19H19N5O/c25-19(15-12-21-24-11-5-9-20-18(15)24)23-13-14-6-3-4-10-22(14)16-7-1-2-8-17(16)23/h1-2,5,7-9,11-12,14H,3-4,6,10,13H2/t14-/m0/s1. The number of nitrogens with zero attached hydrogens (tertiary/aromatic N) is 5. The number of carbonyl (C=O) groups is 1. The van der Waals surface area contributed by atoms with Crippen LogP contribution in [-0.2, 0) is 0 Å². The topological polar surface area (TPSA) is 53.7 Å². The second kappa shape index (κ2) is 5.58. The lowest BCUT2D eigenvalue weighted by atomic mass is 9.96.